The van der Waals surface area contributed by atoms with E-state index in [1.165, 1.54) is 6.92 Å². The minimum absolute atomic E-state index is 0. The number of anilines is 2. The van der Waals surface area contributed by atoms with Crippen LogP contribution in [0.4, 0.5) is 11.4 Å². The summed E-state index contributed by atoms with van der Waals surface area (Å²) in [7, 11) is 0. The smallest absolute Gasteiger partial charge is 0.228 e. The van der Waals surface area contributed by atoms with Gasteiger partial charge in [-0.1, -0.05) is 127 Å². The lowest BCUT2D eigenvalue weighted by atomic mass is 10.1. The lowest BCUT2D eigenvalue weighted by molar-refractivity contribution is -0.113. The molecule has 4 aromatic carbocycles. The number of fused-ring (bicyclic) bond motifs is 1. The van der Waals surface area contributed by atoms with Crippen LogP contribution in [0, 0.1) is 6.92 Å². The number of hydrogen-bond acceptors (Lipinski definition) is 6. The first-order valence-electron chi connectivity index (χ1n) is 12.0. The minimum atomic E-state index is -0.750. The van der Waals surface area contributed by atoms with Gasteiger partial charge in [0.1, 0.15) is 0 Å². The summed E-state index contributed by atoms with van der Waals surface area (Å²) in [5.41, 5.74) is 17.5. The van der Waals surface area contributed by atoms with Gasteiger partial charge in [0.15, 0.2) is 10.1 Å². The average molecular weight is 612 g/mol. The molecule has 0 saturated carbocycles. The lowest BCUT2D eigenvalue weighted by Crippen LogP contribution is -2.08. The van der Waals surface area contributed by atoms with Gasteiger partial charge in [-0.15, -0.1) is 0 Å². The van der Waals surface area contributed by atoms with Crippen molar-refractivity contribution in [2.45, 2.75) is 25.6 Å². The third kappa shape index (κ3) is 12.4. The van der Waals surface area contributed by atoms with Crippen molar-refractivity contribution in [1.29, 1.82) is 0 Å². The van der Waals surface area contributed by atoms with E-state index in [-0.39, 0.29) is 7.43 Å². The summed E-state index contributed by atoms with van der Waals surface area (Å²) in [5.74, 6) is -0.846. The monoisotopic (exact) mass is 610 g/mol. The molecule has 0 bridgehead atoms. The number of hydrogen-bond donors (Lipinski definition) is 2. The normalized spacial score (nSPS) is 9.51. The number of benzene rings is 4. The lowest BCUT2D eigenvalue weighted by Gasteiger charge is -2.06. The van der Waals surface area contributed by atoms with Crippen molar-refractivity contribution >= 4 is 68.8 Å². The van der Waals surface area contributed by atoms with E-state index in [0.717, 1.165) is 28.0 Å². The fraction of sp³-hybridized carbons (Fsp3) is 0.125. The van der Waals surface area contributed by atoms with Crippen molar-refractivity contribution in [3.8, 4) is 11.3 Å². The molecule has 0 amide bonds. The molecule has 214 valence electrons. The highest BCUT2D eigenvalue weighted by Crippen LogP contribution is 2.22. The highest BCUT2D eigenvalue weighted by Gasteiger charge is 2.09. The number of halogens is 3. The molecular formula is C32H33Cl3N4O2. The van der Waals surface area contributed by atoms with Crippen molar-refractivity contribution in [3.05, 3.63) is 120 Å². The van der Waals surface area contributed by atoms with Crippen LogP contribution in [0.3, 0.4) is 0 Å². The number of para-hydroxylation sites is 4. The van der Waals surface area contributed by atoms with Crippen LogP contribution < -0.4 is 11.5 Å². The molecule has 1 heterocycles. The fourth-order valence-electron chi connectivity index (χ4n) is 3.26. The highest BCUT2D eigenvalue weighted by atomic mass is 35.6. The Hall–Kier alpha value is -3.97. The summed E-state index contributed by atoms with van der Waals surface area (Å²) in [6, 6.07) is 33.9. The molecule has 0 atom stereocenters. The second-order valence-corrected chi connectivity index (χ2v) is 10.1. The Morgan fingerprint density at radius 3 is 1.49 bits per heavy atom. The molecule has 0 aliphatic carbocycles. The van der Waals surface area contributed by atoms with Gasteiger partial charge < -0.3 is 11.5 Å². The molecule has 4 N–H and O–H groups in total. The van der Waals surface area contributed by atoms with Gasteiger partial charge in [0.05, 0.1) is 33.8 Å². The number of aryl methyl sites for hydroxylation is 1. The summed E-state index contributed by atoms with van der Waals surface area (Å²) < 4.78 is -0.750. The number of rotatable bonds is 3. The Kier molecular flexibility index (Phi) is 15.7. The molecule has 1 aromatic heterocycles. The fourth-order valence-corrected chi connectivity index (χ4v) is 3.26. The summed E-state index contributed by atoms with van der Waals surface area (Å²) in [6.45, 7) is 3.27. The molecule has 6 nitrogen and oxygen atoms in total. The first-order valence-corrected chi connectivity index (χ1v) is 13.3. The van der Waals surface area contributed by atoms with E-state index in [0.29, 0.717) is 16.9 Å². The van der Waals surface area contributed by atoms with Crippen LogP contribution in [0.15, 0.2) is 109 Å². The molecule has 0 radical (unpaired) electrons. The molecule has 0 spiro atoms. The van der Waals surface area contributed by atoms with Crippen molar-refractivity contribution in [3.63, 3.8) is 0 Å². The van der Waals surface area contributed by atoms with Crippen LogP contribution >= 0.6 is 34.8 Å². The predicted octanol–water partition coefficient (Wildman–Crippen LogP) is 8.54. The van der Waals surface area contributed by atoms with Gasteiger partial charge >= 0.3 is 0 Å². The van der Waals surface area contributed by atoms with E-state index >= 15 is 0 Å². The van der Waals surface area contributed by atoms with E-state index < -0.39 is 15.9 Å². The van der Waals surface area contributed by atoms with E-state index in [1.54, 1.807) is 42.5 Å². The van der Waals surface area contributed by atoms with Gasteiger partial charge in [0.2, 0.25) is 5.78 Å². The second kappa shape index (κ2) is 18.4. The molecule has 9 heteroatoms. The van der Waals surface area contributed by atoms with Crippen molar-refractivity contribution in [1.82, 2.24) is 9.97 Å². The number of carbonyl (C=O) groups excluding carboxylic acids is 2. The summed E-state index contributed by atoms with van der Waals surface area (Å²) in [6.07, 6.45) is 0. The summed E-state index contributed by atoms with van der Waals surface area (Å²) in [5, 5.41) is 0. The van der Waals surface area contributed by atoms with E-state index in [2.05, 4.69) is 22.1 Å². The number of aromatic nitrogens is 2. The standard InChI is InChI=1S/C15H12N2.C9H8O2.C6H8N2.CHCl3.CH4/c1-11-15(12-7-3-2-4-8-12)17-14-10-6-5-9-13(14)16-11;1-7(10)9(11)8-5-3-2-4-6-8;7-5-3-1-2-4-6(5)8;2-1(3)4;/h2-10H,1H3;2-6H,1H3;1-4H,7-8H2;1H;1H4. The Bertz CT molecular complexity index is 1490. The Morgan fingerprint density at radius 2 is 1.05 bits per heavy atom. The number of alkyl halides is 3. The number of nitrogens with zero attached hydrogens (tertiary/aromatic N) is 2. The predicted molar refractivity (Wildman–Crippen MR) is 175 cm³/mol. The van der Waals surface area contributed by atoms with Gasteiger partial charge in [-0.05, 0) is 31.2 Å². The molecule has 0 aliphatic heterocycles. The van der Waals surface area contributed by atoms with Crippen LogP contribution in [-0.2, 0) is 4.79 Å². The van der Waals surface area contributed by atoms with E-state index in [4.69, 9.17) is 46.3 Å². The maximum absolute atomic E-state index is 11.0. The van der Waals surface area contributed by atoms with Crippen LogP contribution in [0.2, 0.25) is 0 Å². The third-order valence-electron chi connectivity index (χ3n) is 5.14. The number of nitrogen functional groups attached to an aromatic ring is 2. The maximum Gasteiger partial charge on any atom is 0.228 e. The van der Waals surface area contributed by atoms with Gasteiger partial charge in [0.25, 0.3) is 0 Å². The van der Waals surface area contributed by atoms with Gasteiger partial charge in [0, 0.05) is 18.1 Å². The zero-order valence-corrected chi connectivity index (χ0v) is 24.2. The first kappa shape index (κ1) is 35.1. The van der Waals surface area contributed by atoms with Gasteiger partial charge in [-0.2, -0.15) is 0 Å². The highest BCUT2D eigenvalue weighted by molar-refractivity contribution is 6.63. The Balaban J connectivity index is 0.000000304. The SMILES string of the molecule is C.CC(=O)C(=O)c1ccccc1.Cc1nc2ccccc2nc1-c1ccccc1.ClC(Cl)Cl.Nc1ccccc1N. The maximum atomic E-state index is 11.0. The van der Waals surface area contributed by atoms with E-state index in [9.17, 15) is 9.59 Å². The summed E-state index contributed by atoms with van der Waals surface area (Å²) >= 11 is 14.4. The molecular weight excluding hydrogens is 579 g/mol. The average Bonchev–Trinajstić information content (AvgIpc) is 2.95. The zero-order valence-electron chi connectivity index (χ0n) is 22.0. The molecule has 41 heavy (non-hydrogen) atoms. The molecule has 0 aliphatic rings. The number of carbonyl (C=O) groups is 2. The molecule has 5 rings (SSSR count). The molecule has 0 unspecified atom stereocenters. The molecule has 0 fully saturated rings. The molecule has 5 aromatic rings. The quantitative estimate of drug-likeness (QED) is 0.0915. The topological polar surface area (TPSA) is 112 Å². The molecule has 0 saturated heterocycles. The number of nitrogens with two attached hydrogens (primary N) is 2. The number of ketones is 2. The largest absolute Gasteiger partial charge is 0.397 e. The van der Waals surface area contributed by atoms with Crippen molar-refractivity contribution in [2.75, 3.05) is 11.5 Å². The van der Waals surface area contributed by atoms with Crippen molar-refractivity contribution < 1.29 is 9.59 Å². The van der Waals surface area contributed by atoms with Gasteiger partial charge in [-0.3, -0.25) is 9.59 Å². The van der Waals surface area contributed by atoms with Crippen LogP contribution in [0.5, 0.6) is 0 Å². The Morgan fingerprint density at radius 1 is 0.659 bits per heavy atom. The third-order valence-corrected chi connectivity index (χ3v) is 5.14. The van der Waals surface area contributed by atoms with Crippen LogP contribution in [0.25, 0.3) is 22.3 Å². The van der Waals surface area contributed by atoms with E-state index in [1.807, 2.05) is 61.5 Å². The van der Waals surface area contributed by atoms with Crippen LogP contribution in [0.1, 0.15) is 30.4 Å². The second-order valence-electron chi connectivity index (χ2n) is 8.14. The summed E-state index contributed by atoms with van der Waals surface area (Å²) in [4.78, 5) is 30.9. The zero-order chi connectivity index (χ0) is 29.5. The van der Waals surface area contributed by atoms with Gasteiger partial charge in [-0.25, -0.2) is 9.97 Å². The van der Waals surface area contributed by atoms with Crippen molar-refractivity contribution in [2.24, 2.45) is 0 Å². The Labute approximate surface area is 256 Å². The minimum Gasteiger partial charge on any atom is -0.397 e. The first-order chi connectivity index (χ1) is 19.1. The number of Topliss-reactive ketones (excluding diaryl/α,β-unsaturated/α-hetero) is 2. The van der Waals surface area contributed by atoms with Crippen LogP contribution in [-0.4, -0.2) is 25.8 Å².